The zero-order chi connectivity index (χ0) is 13.0. The minimum Gasteiger partial charge on any atom is -0.381 e. The summed E-state index contributed by atoms with van der Waals surface area (Å²) in [6, 6.07) is 0. The van der Waals surface area contributed by atoms with E-state index in [0.717, 1.165) is 39.1 Å². The molecule has 0 spiro atoms. The SMILES string of the molecule is COC1CCCC(CN)(N2CCCOC(C)C2)C1. The van der Waals surface area contributed by atoms with Crippen molar-refractivity contribution in [3.05, 3.63) is 0 Å². The van der Waals surface area contributed by atoms with Crippen LogP contribution < -0.4 is 5.73 Å². The quantitative estimate of drug-likeness (QED) is 0.829. The van der Waals surface area contributed by atoms with Gasteiger partial charge in [-0.15, -0.1) is 0 Å². The first-order valence-electron chi connectivity index (χ1n) is 7.30. The van der Waals surface area contributed by atoms with Gasteiger partial charge in [-0.3, -0.25) is 4.90 Å². The van der Waals surface area contributed by atoms with Crippen LogP contribution in [0.2, 0.25) is 0 Å². The van der Waals surface area contributed by atoms with E-state index < -0.39 is 0 Å². The fourth-order valence-electron chi connectivity index (χ4n) is 3.51. The second kappa shape index (κ2) is 6.33. The van der Waals surface area contributed by atoms with E-state index in [0.29, 0.717) is 12.2 Å². The van der Waals surface area contributed by atoms with Gasteiger partial charge >= 0.3 is 0 Å². The monoisotopic (exact) mass is 256 g/mol. The number of hydrogen-bond acceptors (Lipinski definition) is 4. The van der Waals surface area contributed by atoms with Crippen LogP contribution in [0.1, 0.15) is 39.0 Å². The fraction of sp³-hybridized carbons (Fsp3) is 1.00. The summed E-state index contributed by atoms with van der Waals surface area (Å²) < 4.78 is 11.3. The lowest BCUT2D eigenvalue weighted by molar-refractivity contribution is -0.0307. The summed E-state index contributed by atoms with van der Waals surface area (Å²) in [7, 11) is 1.82. The average Bonchev–Trinajstić information content (AvgIpc) is 2.63. The van der Waals surface area contributed by atoms with Gasteiger partial charge in [0.05, 0.1) is 12.2 Å². The lowest BCUT2D eigenvalue weighted by Crippen LogP contribution is -2.58. The Balaban J connectivity index is 2.09. The summed E-state index contributed by atoms with van der Waals surface area (Å²) in [5.41, 5.74) is 6.28. The molecule has 2 aliphatic rings. The van der Waals surface area contributed by atoms with E-state index in [1.807, 2.05) is 7.11 Å². The number of nitrogens with zero attached hydrogens (tertiary/aromatic N) is 1. The molecule has 1 saturated carbocycles. The highest BCUT2D eigenvalue weighted by atomic mass is 16.5. The Morgan fingerprint density at radius 1 is 1.44 bits per heavy atom. The van der Waals surface area contributed by atoms with Crippen LogP contribution in [-0.2, 0) is 9.47 Å². The summed E-state index contributed by atoms with van der Waals surface area (Å²) >= 11 is 0. The highest BCUT2D eigenvalue weighted by Crippen LogP contribution is 2.35. The molecular weight excluding hydrogens is 228 g/mol. The molecule has 3 unspecified atom stereocenters. The molecule has 1 saturated heterocycles. The van der Waals surface area contributed by atoms with Gasteiger partial charge in [-0.1, -0.05) is 0 Å². The summed E-state index contributed by atoms with van der Waals surface area (Å²) in [6.07, 6.45) is 6.49. The molecule has 3 atom stereocenters. The molecule has 106 valence electrons. The Hall–Kier alpha value is -0.160. The maximum absolute atomic E-state index is 6.14. The molecule has 0 radical (unpaired) electrons. The minimum atomic E-state index is 0.140. The van der Waals surface area contributed by atoms with Gasteiger partial charge in [0, 0.05) is 38.9 Å². The van der Waals surface area contributed by atoms with Crippen LogP contribution >= 0.6 is 0 Å². The minimum absolute atomic E-state index is 0.140. The number of ether oxygens (including phenoxy) is 2. The third-order valence-corrected chi connectivity index (χ3v) is 4.61. The molecule has 1 aliphatic heterocycles. The van der Waals surface area contributed by atoms with E-state index in [9.17, 15) is 0 Å². The maximum Gasteiger partial charge on any atom is 0.0674 e. The highest BCUT2D eigenvalue weighted by Gasteiger charge is 2.41. The Morgan fingerprint density at radius 3 is 3.00 bits per heavy atom. The molecule has 2 fully saturated rings. The maximum atomic E-state index is 6.14. The first kappa shape index (κ1) is 14.3. The molecule has 0 aromatic rings. The third-order valence-electron chi connectivity index (χ3n) is 4.61. The largest absolute Gasteiger partial charge is 0.381 e. The fourth-order valence-corrected chi connectivity index (χ4v) is 3.51. The van der Waals surface area contributed by atoms with Crippen LogP contribution in [0.15, 0.2) is 0 Å². The molecule has 1 heterocycles. The average molecular weight is 256 g/mol. The summed E-state index contributed by atoms with van der Waals surface area (Å²) in [5.74, 6) is 0. The van der Waals surface area contributed by atoms with Gasteiger partial charge in [-0.25, -0.2) is 0 Å². The first-order valence-corrected chi connectivity index (χ1v) is 7.30. The Labute approximate surface area is 111 Å². The van der Waals surface area contributed by atoms with Gasteiger partial charge in [-0.05, 0) is 39.0 Å². The van der Waals surface area contributed by atoms with Gasteiger partial charge in [0.25, 0.3) is 0 Å². The molecule has 0 aromatic heterocycles. The molecule has 18 heavy (non-hydrogen) atoms. The van der Waals surface area contributed by atoms with Gasteiger partial charge in [-0.2, -0.15) is 0 Å². The zero-order valence-electron chi connectivity index (χ0n) is 11.9. The van der Waals surface area contributed by atoms with Gasteiger partial charge in [0.2, 0.25) is 0 Å². The van der Waals surface area contributed by atoms with Crippen LogP contribution in [0.3, 0.4) is 0 Å². The van der Waals surface area contributed by atoms with Gasteiger partial charge < -0.3 is 15.2 Å². The predicted octanol–water partition coefficient (Wildman–Crippen LogP) is 1.38. The van der Waals surface area contributed by atoms with E-state index >= 15 is 0 Å². The second-order valence-corrected chi connectivity index (χ2v) is 5.86. The molecule has 2 rings (SSSR count). The van der Waals surface area contributed by atoms with Crippen LogP contribution in [0.5, 0.6) is 0 Å². The van der Waals surface area contributed by atoms with Crippen LogP contribution in [0.4, 0.5) is 0 Å². The van der Waals surface area contributed by atoms with Crippen molar-refractivity contribution >= 4 is 0 Å². The topological polar surface area (TPSA) is 47.7 Å². The molecular formula is C14H28N2O2. The number of methoxy groups -OCH3 is 1. The number of nitrogens with two attached hydrogens (primary N) is 1. The van der Waals surface area contributed by atoms with Crippen molar-refractivity contribution in [3.8, 4) is 0 Å². The van der Waals surface area contributed by atoms with Crippen LogP contribution in [-0.4, -0.2) is 56.0 Å². The van der Waals surface area contributed by atoms with Crippen molar-refractivity contribution < 1.29 is 9.47 Å². The van der Waals surface area contributed by atoms with E-state index in [-0.39, 0.29) is 5.54 Å². The zero-order valence-corrected chi connectivity index (χ0v) is 11.9. The van der Waals surface area contributed by atoms with Gasteiger partial charge in [0.15, 0.2) is 0 Å². The molecule has 0 aromatic carbocycles. The van der Waals surface area contributed by atoms with Crippen molar-refractivity contribution in [2.45, 2.75) is 56.8 Å². The Morgan fingerprint density at radius 2 is 2.28 bits per heavy atom. The van der Waals surface area contributed by atoms with Crippen LogP contribution in [0.25, 0.3) is 0 Å². The van der Waals surface area contributed by atoms with E-state index in [1.54, 1.807) is 0 Å². The molecule has 4 nitrogen and oxygen atoms in total. The molecule has 0 bridgehead atoms. The van der Waals surface area contributed by atoms with Crippen molar-refractivity contribution in [2.75, 3.05) is 33.4 Å². The lowest BCUT2D eigenvalue weighted by Gasteiger charge is -2.48. The van der Waals surface area contributed by atoms with E-state index in [1.165, 1.54) is 19.3 Å². The lowest BCUT2D eigenvalue weighted by atomic mass is 9.78. The van der Waals surface area contributed by atoms with E-state index in [2.05, 4.69) is 11.8 Å². The summed E-state index contributed by atoms with van der Waals surface area (Å²) in [4.78, 5) is 2.58. The van der Waals surface area contributed by atoms with Gasteiger partial charge in [0.1, 0.15) is 0 Å². The normalized spacial score (nSPS) is 39.5. The van der Waals surface area contributed by atoms with E-state index in [4.69, 9.17) is 15.2 Å². The van der Waals surface area contributed by atoms with Crippen molar-refractivity contribution in [1.82, 2.24) is 4.90 Å². The molecule has 2 N–H and O–H groups in total. The molecule has 4 heteroatoms. The summed E-state index contributed by atoms with van der Waals surface area (Å²) in [5, 5.41) is 0. The molecule has 0 amide bonds. The Kier molecular flexibility index (Phi) is 5.01. The predicted molar refractivity (Wildman–Crippen MR) is 72.7 cm³/mol. The van der Waals surface area contributed by atoms with Crippen molar-refractivity contribution in [2.24, 2.45) is 5.73 Å². The van der Waals surface area contributed by atoms with Crippen molar-refractivity contribution in [3.63, 3.8) is 0 Å². The number of hydrogen-bond donors (Lipinski definition) is 1. The summed E-state index contributed by atoms with van der Waals surface area (Å²) in [6.45, 7) is 5.90. The molecule has 1 aliphatic carbocycles. The first-order chi connectivity index (χ1) is 8.70. The smallest absolute Gasteiger partial charge is 0.0674 e. The third kappa shape index (κ3) is 3.05. The number of rotatable bonds is 3. The van der Waals surface area contributed by atoms with Crippen molar-refractivity contribution in [1.29, 1.82) is 0 Å². The second-order valence-electron chi connectivity index (χ2n) is 5.86. The highest BCUT2D eigenvalue weighted by molar-refractivity contribution is 4.98. The van der Waals surface area contributed by atoms with Crippen LogP contribution in [0, 0.1) is 0 Å². The standard InChI is InChI=1S/C14H28N2O2/c1-12-10-16(7-4-8-18-12)14(11-15)6-3-5-13(9-14)17-2/h12-13H,3-11,15H2,1-2H3. The Bertz CT molecular complexity index is 262.